The van der Waals surface area contributed by atoms with E-state index in [-0.39, 0.29) is 5.91 Å². The molecule has 0 fully saturated rings. The number of para-hydroxylation sites is 2. The van der Waals surface area contributed by atoms with Gasteiger partial charge in [0, 0.05) is 47.8 Å². The van der Waals surface area contributed by atoms with Crippen molar-refractivity contribution in [3.63, 3.8) is 0 Å². The van der Waals surface area contributed by atoms with E-state index < -0.39 is 5.54 Å². The molecule has 0 saturated carbocycles. The molecule has 2 aromatic carbocycles. The average molecular weight is 453 g/mol. The molecule has 3 aromatic heterocycles. The summed E-state index contributed by atoms with van der Waals surface area (Å²) in [5.41, 5.74) is 3.32. The summed E-state index contributed by atoms with van der Waals surface area (Å²) >= 11 is 0. The monoisotopic (exact) mass is 452 g/mol. The number of nitrogens with one attached hydrogen (secondary N) is 3. The van der Waals surface area contributed by atoms with Crippen LogP contribution in [0, 0.1) is 0 Å². The number of carbonyl (C=O) groups excluding carboxylic acids is 1. The molecule has 1 atom stereocenters. The highest BCUT2D eigenvalue weighted by atomic mass is 16.3. The van der Waals surface area contributed by atoms with Crippen LogP contribution in [0.25, 0.3) is 21.9 Å². The molecule has 1 unspecified atom stereocenters. The molecule has 6 nitrogen and oxygen atoms in total. The summed E-state index contributed by atoms with van der Waals surface area (Å²) in [5.74, 6) is 0.763. The second-order valence-electron chi connectivity index (χ2n) is 8.83. The second kappa shape index (κ2) is 9.53. The van der Waals surface area contributed by atoms with Gasteiger partial charge < -0.3 is 14.7 Å². The number of hydrogen-bond acceptors (Lipinski definition) is 4. The summed E-state index contributed by atoms with van der Waals surface area (Å²) in [6.07, 6.45) is 6.83. The molecule has 34 heavy (non-hydrogen) atoms. The van der Waals surface area contributed by atoms with E-state index in [9.17, 15) is 4.79 Å². The van der Waals surface area contributed by atoms with Crippen LogP contribution in [-0.4, -0.2) is 28.0 Å². The van der Waals surface area contributed by atoms with Crippen molar-refractivity contribution < 1.29 is 9.21 Å². The molecule has 172 valence electrons. The number of benzene rings is 2. The summed E-state index contributed by atoms with van der Waals surface area (Å²) in [7, 11) is 0. The van der Waals surface area contributed by atoms with Crippen LogP contribution in [0.15, 0.2) is 89.7 Å². The van der Waals surface area contributed by atoms with E-state index in [1.54, 1.807) is 12.4 Å². The summed E-state index contributed by atoms with van der Waals surface area (Å²) < 4.78 is 5.98. The van der Waals surface area contributed by atoms with Crippen LogP contribution in [0.1, 0.15) is 23.8 Å². The normalized spacial score (nSPS) is 13.2. The second-order valence-corrected chi connectivity index (χ2v) is 8.83. The topological polar surface area (TPSA) is 83.0 Å². The zero-order valence-electron chi connectivity index (χ0n) is 19.2. The first-order valence-electron chi connectivity index (χ1n) is 11.6. The minimum atomic E-state index is -0.831. The lowest BCUT2D eigenvalue weighted by molar-refractivity contribution is -0.127. The van der Waals surface area contributed by atoms with E-state index in [0.717, 1.165) is 45.2 Å². The fourth-order valence-corrected chi connectivity index (χ4v) is 4.35. The number of furan rings is 1. The van der Waals surface area contributed by atoms with Crippen LogP contribution >= 0.6 is 0 Å². The highest BCUT2D eigenvalue weighted by Gasteiger charge is 2.34. The van der Waals surface area contributed by atoms with Crippen LogP contribution in [0.4, 0.5) is 0 Å². The fraction of sp³-hybridized carbons (Fsp3) is 0.214. The fourth-order valence-electron chi connectivity index (χ4n) is 4.35. The third kappa shape index (κ3) is 4.72. The Kier molecular flexibility index (Phi) is 6.14. The Hall–Kier alpha value is -3.90. The molecule has 1 amide bonds. The van der Waals surface area contributed by atoms with Crippen molar-refractivity contribution in [2.75, 3.05) is 6.54 Å². The minimum Gasteiger partial charge on any atom is -0.460 e. The molecule has 0 aliphatic carbocycles. The largest absolute Gasteiger partial charge is 0.460 e. The highest BCUT2D eigenvalue weighted by Crippen LogP contribution is 2.24. The predicted molar refractivity (Wildman–Crippen MR) is 134 cm³/mol. The van der Waals surface area contributed by atoms with Gasteiger partial charge in [0.05, 0.1) is 12.1 Å². The average Bonchev–Trinajstić information content (AvgIpc) is 3.47. The van der Waals surface area contributed by atoms with Crippen molar-refractivity contribution in [1.82, 2.24) is 20.6 Å². The Morgan fingerprint density at radius 1 is 1.06 bits per heavy atom. The van der Waals surface area contributed by atoms with Crippen molar-refractivity contribution in [2.45, 2.75) is 31.8 Å². The van der Waals surface area contributed by atoms with Crippen LogP contribution in [0.5, 0.6) is 0 Å². The zero-order chi connectivity index (χ0) is 23.4. The van der Waals surface area contributed by atoms with Gasteiger partial charge in [-0.05, 0) is 54.8 Å². The number of aromatic nitrogens is 2. The van der Waals surface area contributed by atoms with Crippen molar-refractivity contribution >= 4 is 27.8 Å². The summed E-state index contributed by atoms with van der Waals surface area (Å²) in [6, 6.07) is 22.1. The zero-order valence-corrected chi connectivity index (χ0v) is 19.2. The Morgan fingerprint density at radius 2 is 1.85 bits per heavy atom. The Balaban J connectivity index is 1.34. The van der Waals surface area contributed by atoms with E-state index in [2.05, 4.69) is 26.7 Å². The molecule has 0 spiro atoms. The first-order chi connectivity index (χ1) is 16.6. The van der Waals surface area contributed by atoms with Crippen LogP contribution in [0.2, 0.25) is 0 Å². The van der Waals surface area contributed by atoms with Crippen LogP contribution in [-0.2, 0) is 24.2 Å². The van der Waals surface area contributed by atoms with Gasteiger partial charge >= 0.3 is 0 Å². The van der Waals surface area contributed by atoms with Crippen LogP contribution in [0.3, 0.4) is 0 Å². The van der Waals surface area contributed by atoms with Gasteiger partial charge in [0.2, 0.25) is 5.91 Å². The van der Waals surface area contributed by atoms with Crippen molar-refractivity contribution in [2.24, 2.45) is 0 Å². The van der Waals surface area contributed by atoms with E-state index in [4.69, 9.17) is 4.42 Å². The molecule has 3 heterocycles. The number of fused-ring (bicyclic) bond motifs is 2. The third-order valence-corrected chi connectivity index (χ3v) is 6.30. The van der Waals surface area contributed by atoms with Gasteiger partial charge in [-0.1, -0.05) is 36.4 Å². The Morgan fingerprint density at radius 3 is 2.71 bits per heavy atom. The Bertz CT molecular complexity index is 1370. The van der Waals surface area contributed by atoms with Gasteiger partial charge in [0.15, 0.2) is 0 Å². The molecule has 0 radical (unpaired) electrons. The molecule has 6 heteroatoms. The molecule has 0 bridgehead atoms. The van der Waals surface area contributed by atoms with Gasteiger partial charge in [-0.15, -0.1) is 0 Å². The van der Waals surface area contributed by atoms with Crippen molar-refractivity contribution in [1.29, 1.82) is 0 Å². The lowest BCUT2D eigenvalue weighted by atomic mass is 9.91. The number of rotatable bonds is 9. The van der Waals surface area contributed by atoms with Gasteiger partial charge in [0.25, 0.3) is 0 Å². The number of nitrogens with zero attached hydrogens (tertiary/aromatic N) is 1. The number of amides is 1. The van der Waals surface area contributed by atoms with E-state index in [0.29, 0.717) is 19.5 Å². The molecule has 3 N–H and O–H groups in total. The molecule has 5 rings (SSSR count). The van der Waals surface area contributed by atoms with Crippen LogP contribution < -0.4 is 10.6 Å². The summed E-state index contributed by atoms with van der Waals surface area (Å²) in [4.78, 5) is 20.9. The van der Waals surface area contributed by atoms with E-state index >= 15 is 0 Å². The Labute approximate surface area is 198 Å². The first kappa shape index (κ1) is 21.9. The maximum atomic E-state index is 13.5. The third-order valence-electron chi connectivity index (χ3n) is 6.30. The van der Waals surface area contributed by atoms with Gasteiger partial charge in [0.1, 0.15) is 11.3 Å². The highest BCUT2D eigenvalue weighted by molar-refractivity contribution is 5.89. The molecule has 0 aliphatic heterocycles. The standard InChI is InChI=1S/C28H28N4O2/c1-28(17-22-18-31-25-8-4-3-7-24(22)25,27(33)30-15-12-20-10-13-29-14-11-20)32-19-23-16-21-6-2-5-9-26(21)34-23/h2-11,13-14,16,18,31-32H,12,15,17,19H2,1H3,(H,30,33). The SMILES string of the molecule is CC(Cc1c[nH]c2ccccc12)(NCc1cc2ccccc2o1)C(=O)NCCc1ccncc1. The number of hydrogen-bond donors (Lipinski definition) is 3. The minimum absolute atomic E-state index is 0.0389. The van der Waals surface area contributed by atoms with E-state index in [1.807, 2.05) is 73.8 Å². The maximum absolute atomic E-state index is 13.5. The molecular weight excluding hydrogens is 424 g/mol. The van der Waals surface area contributed by atoms with Gasteiger partial charge in [-0.3, -0.25) is 15.1 Å². The quantitative estimate of drug-likeness (QED) is 0.301. The number of aromatic amines is 1. The maximum Gasteiger partial charge on any atom is 0.240 e. The lowest BCUT2D eigenvalue weighted by Crippen LogP contribution is -2.56. The van der Waals surface area contributed by atoms with Crippen molar-refractivity contribution in [3.8, 4) is 0 Å². The predicted octanol–water partition coefficient (Wildman–Crippen LogP) is 4.76. The first-order valence-corrected chi connectivity index (χ1v) is 11.6. The van der Waals surface area contributed by atoms with Gasteiger partial charge in [-0.2, -0.15) is 0 Å². The molecular formula is C28H28N4O2. The number of H-pyrrole nitrogens is 1. The molecule has 0 saturated heterocycles. The van der Waals surface area contributed by atoms with E-state index in [1.165, 1.54) is 0 Å². The summed E-state index contributed by atoms with van der Waals surface area (Å²) in [6.45, 7) is 2.96. The smallest absolute Gasteiger partial charge is 0.240 e. The molecule has 0 aliphatic rings. The summed E-state index contributed by atoms with van der Waals surface area (Å²) in [5, 5.41) is 8.81. The lowest BCUT2D eigenvalue weighted by Gasteiger charge is -2.29. The number of pyridine rings is 1. The van der Waals surface area contributed by atoms with Crippen molar-refractivity contribution in [3.05, 3.63) is 102 Å². The van der Waals surface area contributed by atoms with Gasteiger partial charge in [-0.25, -0.2) is 0 Å². The number of carbonyl (C=O) groups is 1. The molecule has 5 aromatic rings.